The molecule has 1 fully saturated rings. The van der Waals surface area contributed by atoms with Crippen LogP contribution in [-0.4, -0.2) is 159 Å². The van der Waals surface area contributed by atoms with E-state index in [1.165, 1.54) is 0 Å². The Morgan fingerprint density at radius 1 is 0.679 bits per heavy atom. The van der Waals surface area contributed by atoms with Crippen molar-refractivity contribution < 1.29 is 61.8 Å². The van der Waals surface area contributed by atoms with Gasteiger partial charge in [0.05, 0.1) is 0 Å². The first-order valence-electron chi connectivity index (χ1n) is 17.8. The molecule has 1 saturated carbocycles. The predicted molar refractivity (Wildman–Crippen MR) is 193 cm³/mol. The van der Waals surface area contributed by atoms with E-state index in [4.69, 9.17) is 47.4 Å². The maximum atomic E-state index is 13.5. The van der Waals surface area contributed by atoms with E-state index in [0.717, 1.165) is 25.7 Å². The molecule has 3 aliphatic heterocycles. The van der Waals surface area contributed by atoms with Crippen LogP contribution in [0.5, 0.6) is 23.0 Å². The Morgan fingerprint density at radius 3 is 1.68 bits per heavy atom. The number of rotatable bonds is 2. The van der Waals surface area contributed by atoms with Crippen LogP contribution in [0, 0.1) is 5.92 Å². The van der Waals surface area contributed by atoms with E-state index in [1.54, 1.807) is 0 Å². The van der Waals surface area contributed by atoms with E-state index in [9.17, 15) is 9.90 Å². The van der Waals surface area contributed by atoms with Gasteiger partial charge in [-0.05, 0) is 0 Å². The standard InChI is InChI=1S/C37H44N2O12Te2/c1-39-27-21-29-31(51-17-13-47-9-5-43-3-7-45-11-15-49-29)23-33(27)53-35(39)19-25-36(40)24(37(25)41)18-34-38-26-20-28-30(22-32(26)52-34)50-16-12-46-8-4-42-2-6-44-10-14-48-28/h18-24,36,38H,2-17H2,1H3/b25-19-,34-18+. The van der Waals surface area contributed by atoms with Gasteiger partial charge in [-0.25, -0.2) is 0 Å². The third-order valence-electron chi connectivity index (χ3n) is 8.71. The van der Waals surface area contributed by atoms with E-state index >= 15 is 0 Å². The number of nitrogens with zero attached hydrogens (tertiary/aromatic N) is 1. The Bertz CT molecular complexity index is 1750. The Balaban J connectivity index is 1.03. The molecule has 4 heterocycles. The van der Waals surface area contributed by atoms with Crippen LogP contribution in [0.1, 0.15) is 3.71 Å². The third-order valence-corrected chi connectivity index (χ3v) is 14.9. The summed E-state index contributed by atoms with van der Waals surface area (Å²) in [5.74, 6) is 1.69. The molecule has 0 spiro atoms. The topological polar surface area (TPSA) is 148 Å². The van der Waals surface area contributed by atoms with E-state index in [0.29, 0.717) is 134 Å². The summed E-state index contributed by atoms with van der Waals surface area (Å²) in [5.41, 5.74) is 2.24. The Kier molecular flexibility index (Phi) is 14.2. The van der Waals surface area contributed by atoms with Crippen LogP contribution in [-0.2, 0) is 40.3 Å². The van der Waals surface area contributed by atoms with Crippen molar-refractivity contribution in [3.8, 4) is 23.0 Å². The molecular weight excluding hydrogens is 920 g/mol. The SMILES string of the molecule is C[n+]1c(/C=C2\C(=O)C(/C=C3\Nc4cc5c(cc4[Te]3)OCCOCCOCCOCCO5)C2[O-])[te]c2cc3c(cc21)OCCOCCOCCOCCO3. The van der Waals surface area contributed by atoms with Gasteiger partial charge < -0.3 is 0 Å². The van der Waals surface area contributed by atoms with Crippen molar-refractivity contribution >= 4 is 71.4 Å². The molecule has 2 aromatic carbocycles. The number of ether oxygens (including phenoxy) is 10. The first-order chi connectivity index (χ1) is 26.0. The number of carbonyl (C=O) groups excluding carboxylic acids is 1. The van der Waals surface area contributed by atoms with Crippen molar-refractivity contribution in [1.82, 2.24) is 0 Å². The van der Waals surface area contributed by atoms with Gasteiger partial charge in [-0.3, -0.25) is 0 Å². The number of benzene rings is 2. The van der Waals surface area contributed by atoms with Crippen LogP contribution >= 0.6 is 0 Å². The van der Waals surface area contributed by atoms with Crippen LogP contribution in [0.3, 0.4) is 0 Å². The fraction of sp³-hybridized carbons (Fsp3) is 0.514. The van der Waals surface area contributed by atoms with E-state index < -0.39 is 53.4 Å². The second kappa shape index (κ2) is 19.4. The second-order valence-electron chi connectivity index (χ2n) is 12.3. The van der Waals surface area contributed by atoms with Gasteiger partial charge in [-0.1, -0.05) is 0 Å². The third kappa shape index (κ3) is 10.1. The zero-order valence-electron chi connectivity index (χ0n) is 29.6. The van der Waals surface area contributed by atoms with Gasteiger partial charge >= 0.3 is 330 Å². The predicted octanol–water partition coefficient (Wildman–Crippen LogP) is -0.0289. The molecule has 14 nitrogen and oxygen atoms in total. The summed E-state index contributed by atoms with van der Waals surface area (Å²) in [6.07, 6.45) is 2.54. The van der Waals surface area contributed by atoms with Gasteiger partial charge in [0.2, 0.25) is 0 Å². The zero-order chi connectivity index (χ0) is 36.4. The zero-order valence-corrected chi connectivity index (χ0v) is 34.3. The normalized spacial score (nSPS) is 24.3. The molecule has 7 rings (SSSR count). The first kappa shape index (κ1) is 38.8. The summed E-state index contributed by atoms with van der Waals surface area (Å²) in [6.45, 7) is 7.14. The van der Waals surface area contributed by atoms with Crippen molar-refractivity contribution in [2.75, 3.05) is 111 Å². The van der Waals surface area contributed by atoms with E-state index in [1.807, 2.05) is 43.5 Å². The number of carbonyl (C=O) groups is 1. The fourth-order valence-corrected chi connectivity index (χ4v) is 12.0. The van der Waals surface area contributed by atoms with Gasteiger partial charge in [0, 0.05) is 0 Å². The van der Waals surface area contributed by atoms with Crippen molar-refractivity contribution in [2.24, 2.45) is 13.0 Å². The van der Waals surface area contributed by atoms with Gasteiger partial charge in [0.15, 0.2) is 0 Å². The second-order valence-corrected chi connectivity index (χ2v) is 18.4. The quantitative estimate of drug-likeness (QED) is 0.209. The molecule has 0 radical (unpaired) electrons. The summed E-state index contributed by atoms with van der Waals surface area (Å²) in [6, 6.07) is 7.94. The summed E-state index contributed by atoms with van der Waals surface area (Å²) >= 11 is -1.78. The van der Waals surface area contributed by atoms with Crippen LogP contribution in [0.25, 0.3) is 15.0 Å². The molecule has 0 saturated heterocycles. The fourth-order valence-electron chi connectivity index (χ4n) is 5.93. The van der Waals surface area contributed by atoms with Gasteiger partial charge in [0.25, 0.3) is 0 Å². The maximum absolute atomic E-state index is 13.5. The molecule has 2 unspecified atom stereocenters. The van der Waals surface area contributed by atoms with Crippen molar-refractivity contribution in [3.63, 3.8) is 0 Å². The van der Waals surface area contributed by atoms with Crippen molar-refractivity contribution in [1.29, 1.82) is 0 Å². The summed E-state index contributed by atoms with van der Waals surface area (Å²) < 4.78 is 64.0. The van der Waals surface area contributed by atoms with Crippen molar-refractivity contribution in [2.45, 2.75) is 6.10 Å². The average Bonchev–Trinajstić information content (AvgIpc) is 3.69. The number of hydrogen-bond acceptors (Lipinski definition) is 13. The number of nitrogens with one attached hydrogen (secondary N) is 1. The summed E-state index contributed by atoms with van der Waals surface area (Å²) in [5, 5.41) is 17.0. The molecule has 4 aliphatic rings. The molecule has 0 amide bonds. The van der Waals surface area contributed by atoms with E-state index in [2.05, 4.69) is 9.88 Å². The average molecular weight is 964 g/mol. The molecule has 1 aromatic heterocycles. The van der Waals surface area contributed by atoms with Gasteiger partial charge in [-0.15, -0.1) is 0 Å². The monoisotopic (exact) mass is 968 g/mol. The van der Waals surface area contributed by atoms with Crippen LogP contribution in [0.15, 0.2) is 39.7 Å². The molecule has 1 aliphatic carbocycles. The minimum atomic E-state index is -1.13. The number of anilines is 1. The summed E-state index contributed by atoms with van der Waals surface area (Å²) in [7, 11) is 1.97. The Labute approximate surface area is 327 Å². The summed E-state index contributed by atoms with van der Waals surface area (Å²) in [4.78, 5) is 13.5. The van der Waals surface area contributed by atoms with Crippen LogP contribution in [0.2, 0.25) is 0 Å². The molecule has 2 atom stereocenters. The molecule has 1 N–H and O–H groups in total. The van der Waals surface area contributed by atoms with Crippen LogP contribution in [0.4, 0.5) is 5.69 Å². The van der Waals surface area contributed by atoms with Crippen molar-refractivity contribution in [3.05, 3.63) is 43.4 Å². The molecule has 53 heavy (non-hydrogen) atoms. The molecule has 16 heteroatoms. The van der Waals surface area contributed by atoms with Crippen LogP contribution < -0.4 is 37.5 Å². The molecule has 0 bridgehead atoms. The Hall–Kier alpha value is -2.44. The molecule has 3 aromatic rings. The molecular formula is C37H44N2O12Te2. The van der Waals surface area contributed by atoms with Gasteiger partial charge in [-0.2, -0.15) is 0 Å². The number of ketones is 1. The number of aryl methyl sites for hydroxylation is 1. The first-order valence-corrected chi connectivity index (χ1v) is 22.4. The number of hydrogen-bond donors (Lipinski definition) is 1. The Morgan fingerprint density at radius 2 is 1.15 bits per heavy atom. The minimum absolute atomic E-state index is 0.120. The number of aromatic nitrogens is 1. The number of Topliss-reactive ketones (excluding diaryl/α,β-unsaturated/α-hetero) is 1. The van der Waals surface area contributed by atoms with E-state index in [-0.39, 0.29) is 5.78 Å². The van der Waals surface area contributed by atoms with Gasteiger partial charge in [0.1, 0.15) is 0 Å². The number of fused-ring (bicyclic) bond motifs is 4. The molecule has 286 valence electrons.